The first kappa shape index (κ1) is 14.5. The minimum Gasteiger partial charge on any atom is -0.342 e. The molecular weight excluding hydrogens is 214 g/mol. The molecule has 0 aliphatic carbocycles. The molecule has 4 nitrogen and oxygen atoms in total. The fraction of sp³-hybridized carbons (Fsp3) is 0.923. The second-order valence-electron chi connectivity index (χ2n) is 4.79. The van der Waals surface area contributed by atoms with Crippen LogP contribution < -0.4 is 5.32 Å². The van der Waals surface area contributed by atoms with Crippen LogP contribution in [0.2, 0.25) is 0 Å². The summed E-state index contributed by atoms with van der Waals surface area (Å²) < 4.78 is 0. The monoisotopic (exact) mass is 241 g/mol. The van der Waals surface area contributed by atoms with Gasteiger partial charge >= 0.3 is 0 Å². The molecule has 1 aliphatic heterocycles. The first-order valence-corrected chi connectivity index (χ1v) is 6.91. The highest BCUT2D eigenvalue weighted by Gasteiger charge is 2.18. The quantitative estimate of drug-likeness (QED) is 0.720. The molecule has 1 aliphatic rings. The van der Waals surface area contributed by atoms with Crippen LogP contribution in [0.25, 0.3) is 0 Å². The molecule has 0 aromatic rings. The number of carbonyl (C=O) groups excluding carboxylic acids is 1. The molecule has 1 saturated heterocycles. The number of amides is 1. The largest absolute Gasteiger partial charge is 0.342 e. The Kier molecular flexibility index (Phi) is 6.52. The third-order valence-electron chi connectivity index (χ3n) is 3.60. The fourth-order valence-corrected chi connectivity index (χ4v) is 2.39. The summed E-state index contributed by atoms with van der Waals surface area (Å²) in [6.45, 7) is 11.7. The van der Waals surface area contributed by atoms with Crippen molar-refractivity contribution in [3.8, 4) is 0 Å². The number of nitrogens with zero attached hydrogens (tertiary/aromatic N) is 2. The van der Waals surface area contributed by atoms with Gasteiger partial charge in [0.1, 0.15) is 0 Å². The highest BCUT2D eigenvalue weighted by molar-refractivity contribution is 5.78. The average Bonchev–Trinajstić information content (AvgIpc) is 2.84. The molecule has 0 radical (unpaired) electrons. The molecule has 0 bridgehead atoms. The molecule has 4 heteroatoms. The second-order valence-corrected chi connectivity index (χ2v) is 4.79. The van der Waals surface area contributed by atoms with E-state index in [0.717, 1.165) is 19.6 Å². The van der Waals surface area contributed by atoms with E-state index in [-0.39, 0.29) is 5.91 Å². The first-order valence-electron chi connectivity index (χ1n) is 6.91. The van der Waals surface area contributed by atoms with Gasteiger partial charge in [0, 0.05) is 25.7 Å². The minimum absolute atomic E-state index is 0.212. The molecule has 1 heterocycles. The van der Waals surface area contributed by atoms with Crippen molar-refractivity contribution in [1.82, 2.24) is 15.1 Å². The summed E-state index contributed by atoms with van der Waals surface area (Å²) in [5.74, 6) is 0.212. The van der Waals surface area contributed by atoms with Crippen molar-refractivity contribution in [2.45, 2.75) is 39.7 Å². The maximum Gasteiger partial charge on any atom is 0.236 e. The van der Waals surface area contributed by atoms with Crippen LogP contribution in [0, 0.1) is 0 Å². The zero-order valence-corrected chi connectivity index (χ0v) is 11.5. The predicted octanol–water partition coefficient (Wildman–Crippen LogP) is 0.929. The van der Waals surface area contributed by atoms with E-state index in [1.165, 1.54) is 25.9 Å². The standard InChI is InChI=1S/C13H27N3O/c1-4-15(5-2)13(17)11-14-10-12(3)16-8-6-7-9-16/h12,14H,4-11H2,1-3H3. The number of hydrogen-bond donors (Lipinski definition) is 1. The van der Waals surface area contributed by atoms with Crippen molar-refractivity contribution in [1.29, 1.82) is 0 Å². The van der Waals surface area contributed by atoms with E-state index in [0.29, 0.717) is 12.6 Å². The van der Waals surface area contributed by atoms with Gasteiger partial charge in [-0.3, -0.25) is 9.69 Å². The summed E-state index contributed by atoms with van der Waals surface area (Å²) in [4.78, 5) is 16.1. The van der Waals surface area contributed by atoms with E-state index in [1.54, 1.807) is 0 Å². The van der Waals surface area contributed by atoms with Gasteiger partial charge in [-0.05, 0) is 46.7 Å². The molecule has 0 spiro atoms. The highest BCUT2D eigenvalue weighted by Crippen LogP contribution is 2.10. The lowest BCUT2D eigenvalue weighted by Gasteiger charge is -2.24. The zero-order chi connectivity index (χ0) is 12.7. The molecule has 1 amide bonds. The van der Waals surface area contributed by atoms with Gasteiger partial charge in [0.15, 0.2) is 0 Å². The van der Waals surface area contributed by atoms with Crippen molar-refractivity contribution in [3.05, 3.63) is 0 Å². The van der Waals surface area contributed by atoms with Gasteiger partial charge in [-0.25, -0.2) is 0 Å². The summed E-state index contributed by atoms with van der Waals surface area (Å²) in [7, 11) is 0. The van der Waals surface area contributed by atoms with E-state index in [4.69, 9.17) is 0 Å². The smallest absolute Gasteiger partial charge is 0.236 e. The molecule has 0 aromatic heterocycles. The molecule has 0 aromatic carbocycles. The molecule has 1 atom stereocenters. The summed E-state index contributed by atoms with van der Waals surface area (Å²) in [5.41, 5.74) is 0. The van der Waals surface area contributed by atoms with Crippen molar-refractivity contribution in [2.24, 2.45) is 0 Å². The number of likely N-dealkylation sites (N-methyl/N-ethyl adjacent to an activating group) is 1. The summed E-state index contributed by atoms with van der Waals surface area (Å²) in [6.07, 6.45) is 2.64. The Hall–Kier alpha value is -0.610. The molecule has 17 heavy (non-hydrogen) atoms. The predicted molar refractivity (Wildman–Crippen MR) is 71.1 cm³/mol. The minimum atomic E-state index is 0.212. The van der Waals surface area contributed by atoms with Crippen molar-refractivity contribution < 1.29 is 4.79 Å². The van der Waals surface area contributed by atoms with Crippen LogP contribution in [0.1, 0.15) is 33.6 Å². The van der Waals surface area contributed by atoms with Gasteiger partial charge in [0.05, 0.1) is 6.54 Å². The average molecular weight is 241 g/mol. The Morgan fingerprint density at radius 3 is 2.41 bits per heavy atom. The normalized spacial score (nSPS) is 18.3. The summed E-state index contributed by atoms with van der Waals surface area (Å²) in [5, 5.41) is 3.28. The van der Waals surface area contributed by atoms with Gasteiger partial charge in [-0.15, -0.1) is 0 Å². The van der Waals surface area contributed by atoms with Gasteiger partial charge in [0.2, 0.25) is 5.91 Å². The molecule has 0 saturated carbocycles. The van der Waals surface area contributed by atoms with E-state index in [2.05, 4.69) is 17.1 Å². The Morgan fingerprint density at radius 2 is 1.88 bits per heavy atom. The maximum absolute atomic E-state index is 11.8. The van der Waals surface area contributed by atoms with Gasteiger partial charge in [0.25, 0.3) is 0 Å². The maximum atomic E-state index is 11.8. The van der Waals surface area contributed by atoms with E-state index >= 15 is 0 Å². The zero-order valence-electron chi connectivity index (χ0n) is 11.5. The lowest BCUT2D eigenvalue weighted by atomic mass is 10.3. The lowest BCUT2D eigenvalue weighted by molar-refractivity contribution is -0.129. The van der Waals surface area contributed by atoms with Gasteiger partial charge in [-0.2, -0.15) is 0 Å². The van der Waals surface area contributed by atoms with Crippen LogP contribution in [-0.2, 0) is 4.79 Å². The second kappa shape index (κ2) is 7.67. The lowest BCUT2D eigenvalue weighted by Crippen LogP contribution is -2.43. The number of nitrogens with one attached hydrogen (secondary N) is 1. The summed E-state index contributed by atoms with van der Waals surface area (Å²) >= 11 is 0. The van der Waals surface area contributed by atoms with E-state index in [9.17, 15) is 4.79 Å². The van der Waals surface area contributed by atoms with Crippen LogP contribution in [0.15, 0.2) is 0 Å². The van der Waals surface area contributed by atoms with E-state index < -0.39 is 0 Å². The van der Waals surface area contributed by atoms with Crippen molar-refractivity contribution in [2.75, 3.05) is 39.3 Å². The number of hydrogen-bond acceptors (Lipinski definition) is 3. The topological polar surface area (TPSA) is 35.6 Å². The van der Waals surface area contributed by atoms with Gasteiger partial charge in [-0.1, -0.05) is 0 Å². The van der Waals surface area contributed by atoms with Crippen LogP contribution in [0.3, 0.4) is 0 Å². The van der Waals surface area contributed by atoms with Crippen LogP contribution in [-0.4, -0.2) is 61.0 Å². The van der Waals surface area contributed by atoms with E-state index in [1.807, 2.05) is 18.7 Å². The van der Waals surface area contributed by atoms with Crippen molar-refractivity contribution >= 4 is 5.91 Å². The molecule has 1 rings (SSSR count). The third-order valence-corrected chi connectivity index (χ3v) is 3.60. The molecule has 1 fully saturated rings. The first-order chi connectivity index (χ1) is 8.19. The Labute approximate surface area is 105 Å². The third kappa shape index (κ3) is 4.64. The number of rotatable bonds is 7. The van der Waals surface area contributed by atoms with Crippen LogP contribution in [0.5, 0.6) is 0 Å². The SMILES string of the molecule is CCN(CC)C(=O)CNCC(C)N1CCCC1. The number of carbonyl (C=O) groups is 1. The molecular formula is C13H27N3O. The molecule has 1 N–H and O–H groups in total. The fourth-order valence-electron chi connectivity index (χ4n) is 2.39. The summed E-state index contributed by atoms with van der Waals surface area (Å²) in [6, 6.07) is 0.544. The number of likely N-dealkylation sites (tertiary alicyclic amines) is 1. The molecule has 100 valence electrons. The Balaban J connectivity index is 2.15. The van der Waals surface area contributed by atoms with Crippen molar-refractivity contribution in [3.63, 3.8) is 0 Å². The van der Waals surface area contributed by atoms with Gasteiger partial charge < -0.3 is 10.2 Å². The van der Waals surface area contributed by atoms with Crippen LogP contribution in [0.4, 0.5) is 0 Å². The van der Waals surface area contributed by atoms with Crippen LogP contribution >= 0.6 is 0 Å². The highest BCUT2D eigenvalue weighted by atomic mass is 16.2. The Morgan fingerprint density at radius 1 is 1.29 bits per heavy atom. The Bertz CT molecular complexity index is 223. The molecule has 1 unspecified atom stereocenters.